The van der Waals surface area contributed by atoms with Gasteiger partial charge in [0.1, 0.15) is 17.1 Å². The number of amides is 1. The predicted octanol–water partition coefficient (Wildman–Crippen LogP) is 4.00. The van der Waals surface area contributed by atoms with Crippen LogP contribution in [0.3, 0.4) is 0 Å². The Labute approximate surface area is 177 Å². The Bertz CT molecular complexity index is 1040. The lowest BCUT2D eigenvalue weighted by Gasteiger charge is -2.39. The van der Waals surface area contributed by atoms with E-state index in [2.05, 4.69) is 15.3 Å². The molecule has 31 heavy (non-hydrogen) atoms. The van der Waals surface area contributed by atoms with E-state index in [1.54, 1.807) is 18.3 Å². The fourth-order valence-corrected chi connectivity index (χ4v) is 4.63. The van der Waals surface area contributed by atoms with Crippen molar-refractivity contribution in [2.45, 2.75) is 38.2 Å². The molecule has 9 heteroatoms. The van der Waals surface area contributed by atoms with E-state index in [9.17, 15) is 18.0 Å². The molecule has 6 nitrogen and oxygen atoms in total. The number of aliphatic imine (C=N–C) groups is 1. The van der Waals surface area contributed by atoms with Crippen LogP contribution >= 0.6 is 0 Å². The maximum Gasteiger partial charge on any atom is 0.282 e. The number of nitrogens with one attached hydrogen (secondary N) is 1. The van der Waals surface area contributed by atoms with Crippen molar-refractivity contribution in [3.05, 3.63) is 59.2 Å². The van der Waals surface area contributed by atoms with Crippen LogP contribution in [-0.2, 0) is 10.3 Å². The van der Waals surface area contributed by atoms with Gasteiger partial charge < -0.3 is 15.8 Å². The van der Waals surface area contributed by atoms with E-state index in [1.807, 2.05) is 6.92 Å². The number of aryl methyl sites for hydroxylation is 1. The zero-order valence-electron chi connectivity index (χ0n) is 17.2. The molecule has 3 N–H and O–H groups in total. The lowest BCUT2D eigenvalue weighted by atomic mass is 9.76. The summed E-state index contributed by atoms with van der Waals surface area (Å²) in [6.07, 6.45) is 1.92. The molecule has 1 saturated carbocycles. The van der Waals surface area contributed by atoms with Gasteiger partial charge in [0.2, 0.25) is 5.92 Å². The van der Waals surface area contributed by atoms with Crippen LogP contribution in [0.4, 0.5) is 18.9 Å². The van der Waals surface area contributed by atoms with Crippen molar-refractivity contribution in [3.8, 4) is 0 Å². The highest BCUT2D eigenvalue weighted by Crippen LogP contribution is 2.56. The summed E-state index contributed by atoms with van der Waals surface area (Å²) in [4.78, 5) is 20.9. The van der Waals surface area contributed by atoms with Gasteiger partial charge >= 0.3 is 0 Å². The summed E-state index contributed by atoms with van der Waals surface area (Å²) in [5, 5.41) is 2.69. The number of carbonyl (C=O) groups excluding carboxylic acids is 1. The number of nitrogens with two attached hydrogens (primary N) is 1. The van der Waals surface area contributed by atoms with Crippen molar-refractivity contribution >= 4 is 17.6 Å². The number of hydrogen-bond acceptors (Lipinski definition) is 5. The highest BCUT2D eigenvalue weighted by atomic mass is 19.3. The molecular weight excluding hydrogens is 409 g/mol. The van der Waals surface area contributed by atoms with Gasteiger partial charge in [0.15, 0.2) is 0 Å². The molecule has 2 heterocycles. The number of pyridine rings is 1. The average molecular weight is 432 g/mol. The first-order valence-corrected chi connectivity index (χ1v) is 10.00. The maximum atomic E-state index is 15.0. The zero-order valence-corrected chi connectivity index (χ0v) is 17.2. The molecule has 1 aromatic heterocycles. The van der Waals surface area contributed by atoms with Crippen molar-refractivity contribution in [2.75, 3.05) is 11.9 Å². The molecular formula is C22H23F3N4O2. The molecule has 4 rings (SSSR count). The minimum atomic E-state index is -2.98. The predicted molar refractivity (Wildman–Crippen MR) is 109 cm³/mol. The monoisotopic (exact) mass is 432 g/mol. The third-order valence-electron chi connectivity index (χ3n) is 6.14. The zero-order chi connectivity index (χ0) is 22.4. The summed E-state index contributed by atoms with van der Waals surface area (Å²) in [5.74, 6) is -5.82. The Kier molecular flexibility index (Phi) is 5.15. The number of carbonyl (C=O) groups is 1. The first-order chi connectivity index (χ1) is 14.6. The van der Waals surface area contributed by atoms with Gasteiger partial charge in [-0.15, -0.1) is 0 Å². The molecule has 1 amide bonds. The van der Waals surface area contributed by atoms with Crippen LogP contribution in [0.2, 0.25) is 0 Å². The molecule has 2 aliphatic rings. The van der Waals surface area contributed by atoms with Crippen molar-refractivity contribution in [1.82, 2.24) is 4.98 Å². The smallest absolute Gasteiger partial charge is 0.282 e. The van der Waals surface area contributed by atoms with Crippen LogP contribution in [0, 0.1) is 24.6 Å². The Hall–Kier alpha value is -3.10. The standard InChI is InChI=1S/C22H23F3N4O2/c1-12-3-6-18(27-10-12)19(30)28-13-4-5-17(23)15(9-13)22-8-7-14(21(2,24)25)16(22)11-31-20(26)29-22/h3-6,9-10,14,16H,7-8,11H2,1-2H3,(H2,26,29)(H,28,30)/t14-,16+,22+/m0/s1. The van der Waals surface area contributed by atoms with E-state index in [0.29, 0.717) is 5.69 Å². The molecule has 0 radical (unpaired) electrons. The van der Waals surface area contributed by atoms with Gasteiger partial charge in [0.05, 0.1) is 6.61 Å². The number of rotatable bonds is 4. The van der Waals surface area contributed by atoms with Gasteiger partial charge in [-0.3, -0.25) is 9.78 Å². The lowest BCUT2D eigenvalue weighted by Crippen LogP contribution is -2.45. The number of halogens is 3. The normalized spacial score (nSPS) is 25.4. The maximum absolute atomic E-state index is 15.0. The van der Waals surface area contributed by atoms with Crippen LogP contribution in [0.1, 0.15) is 41.4 Å². The van der Waals surface area contributed by atoms with Gasteiger partial charge in [-0.05, 0) is 56.5 Å². The molecule has 0 unspecified atom stereocenters. The van der Waals surface area contributed by atoms with E-state index in [-0.39, 0.29) is 36.7 Å². The summed E-state index contributed by atoms with van der Waals surface area (Å²) in [6.45, 7) is 2.63. The second kappa shape index (κ2) is 7.55. The summed E-state index contributed by atoms with van der Waals surface area (Å²) in [6, 6.07) is 7.21. The Morgan fingerprint density at radius 1 is 1.32 bits per heavy atom. The number of amidine groups is 1. The molecule has 0 bridgehead atoms. The number of hydrogen-bond donors (Lipinski definition) is 2. The fraction of sp³-hybridized carbons (Fsp3) is 0.409. The van der Waals surface area contributed by atoms with Gasteiger partial charge in [-0.2, -0.15) is 0 Å². The quantitative estimate of drug-likeness (QED) is 0.764. The third kappa shape index (κ3) is 3.84. The largest absolute Gasteiger partial charge is 0.465 e. The van der Waals surface area contributed by atoms with E-state index >= 15 is 0 Å². The van der Waals surface area contributed by atoms with Crippen LogP contribution in [-0.4, -0.2) is 29.4 Å². The summed E-state index contributed by atoms with van der Waals surface area (Å²) < 4.78 is 48.8. The van der Waals surface area contributed by atoms with E-state index in [1.165, 1.54) is 18.2 Å². The topological polar surface area (TPSA) is 89.6 Å². The number of aromatic nitrogens is 1. The molecule has 0 spiro atoms. The number of benzene rings is 1. The summed E-state index contributed by atoms with van der Waals surface area (Å²) in [7, 11) is 0. The minimum absolute atomic E-state index is 0.0766. The second-order valence-electron chi connectivity index (χ2n) is 8.26. The average Bonchev–Trinajstić information content (AvgIpc) is 3.09. The third-order valence-corrected chi connectivity index (χ3v) is 6.14. The number of ether oxygens (including phenoxy) is 1. The molecule has 1 aliphatic carbocycles. The number of alkyl halides is 2. The molecule has 1 fully saturated rings. The SMILES string of the molecule is Cc1ccc(C(=O)Nc2ccc(F)c([C@]34CC[C@H](C(C)(F)F)[C@H]3COC(N)=N4)c2)nc1. The highest BCUT2D eigenvalue weighted by Gasteiger charge is 2.59. The molecule has 3 atom stereocenters. The number of anilines is 1. The van der Waals surface area contributed by atoms with Crippen molar-refractivity contribution in [1.29, 1.82) is 0 Å². The van der Waals surface area contributed by atoms with Crippen molar-refractivity contribution < 1.29 is 22.7 Å². The lowest BCUT2D eigenvalue weighted by molar-refractivity contribution is -0.0713. The molecule has 1 aromatic carbocycles. The van der Waals surface area contributed by atoms with Gasteiger partial charge in [0.25, 0.3) is 11.9 Å². The van der Waals surface area contributed by atoms with Crippen LogP contribution in [0.15, 0.2) is 41.5 Å². The Morgan fingerprint density at radius 2 is 2.10 bits per heavy atom. The van der Waals surface area contributed by atoms with Crippen molar-refractivity contribution in [3.63, 3.8) is 0 Å². The van der Waals surface area contributed by atoms with Crippen molar-refractivity contribution in [2.24, 2.45) is 22.6 Å². The van der Waals surface area contributed by atoms with Gasteiger partial charge in [0, 0.05) is 29.3 Å². The fourth-order valence-electron chi connectivity index (χ4n) is 4.63. The first-order valence-electron chi connectivity index (χ1n) is 10.00. The van der Waals surface area contributed by atoms with E-state index < -0.39 is 35.0 Å². The van der Waals surface area contributed by atoms with Gasteiger partial charge in [-0.1, -0.05) is 6.07 Å². The number of fused-ring (bicyclic) bond motifs is 1. The second-order valence-corrected chi connectivity index (χ2v) is 8.26. The summed E-state index contributed by atoms with van der Waals surface area (Å²) in [5.41, 5.74) is 6.02. The molecule has 1 aliphatic heterocycles. The Balaban J connectivity index is 1.71. The summed E-state index contributed by atoms with van der Waals surface area (Å²) >= 11 is 0. The number of nitrogens with zero attached hydrogens (tertiary/aromatic N) is 2. The van der Waals surface area contributed by atoms with Crippen LogP contribution in [0.25, 0.3) is 0 Å². The Morgan fingerprint density at radius 3 is 2.77 bits per heavy atom. The van der Waals surface area contributed by atoms with Crippen LogP contribution in [0.5, 0.6) is 0 Å². The molecule has 2 aromatic rings. The molecule has 0 saturated heterocycles. The van der Waals surface area contributed by atoms with Gasteiger partial charge in [-0.25, -0.2) is 18.2 Å². The highest BCUT2D eigenvalue weighted by molar-refractivity contribution is 6.02. The molecule has 164 valence electrons. The minimum Gasteiger partial charge on any atom is -0.465 e. The van der Waals surface area contributed by atoms with Crippen LogP contribution < -0.4 is 11.1 Å². The van der Waals surface area contributed by atoms with E-state index in [0.717, 1.165) is 12.5 Å². The van der Waals surface area contributed by atoms with E-state index in [4.69, 9.17) is 10.5 Å². The first kappa shape index (κ1) is 21.1.